The first-order valence-corrected chi connectivity index (χ1v) is 19.2. The van der Waals surface area contributed by atoms with Gasteiger partial charge < -0.3 is 9.40 Å². The molecule has 0 aliphatic rings. The average molecular weight is 834 g/mol. The van der Waals surface area contributed by atoms with Crippen LogP contribution in [-0.4, -0.2) is 28.2 Å². The van der Waals surface area contributed by atoms with E-state index in [0.717, 1.165) is 49.6 Å². The van der Waals surface area contributed by atoms with Gasteiger partial charge in [-0.3, -0.25) is 4.98 Å². The Morgan fingerprint density at radius 3 is 2.04 bits per heavy atom. The van der Waals surface area contributed by atoms with Crippen molar-refractivity contribution in [3.8, 4) is 44.8 Å². The van der Waals surface area contributed by atoms with Crippen LogP contribution in [0.5, 0.6) is 0 Å². The topological polar surface area (TPSA) is 64.7 Å². The van der Waals surface area contributed by atoms with E-state index in [1.165, 1.54) is 11.6 Å². The molecule has 0 atom stereocenters. The second-order valence-electron chi connectivity index (χ2n) is 12.4. The molecule has 0 N–H and O–H groups in total. The molecule has 0 aliphatic heterocycles. The first kappa shape index (κ1) is 30.0. The van der Waals surface area contributed by atoms with E-state index in [9.17, 15) is 0 Å². The van der Waals surface area contributed by atoms with Gasteiger partial charge in [0, 0.05) is 64.3 Å². The minimum Gasteiger partial charge on any atom is -0.500 e. The first-order valence-electron chi connectivity index (χ1n) is 17.2. The van der Waals surface area contributed by atoms with E-state index < -0.39 is 14.9 Å². The molecule has 3 aromatic heterocycles. The Morgan fingerprint density at radius 2 is 1.37 bits per heavy atom. The summed E-state index contributed by atoms with van der Waals surface area (Å²) in [5, 5.41) is 11.1. The zero-order valence-electron chi connectivity index (χ0n) is 30.2. The van der Waals surface area contributed by atoms with Crippen LogP contribution in [-0.2, 0) is 20.1 Å². The molecule has 5 nitrogen and oxygen atoms in total. The number of hydrogen-bond acceptors (Lipinski definition) is 5. The molecule has 0 unspecified atom stereocenters. The third kappa shape index (κ3) is 7.35. The van der Waals surface area contributed by atoms with Crippen LogP contribution in [0.25, 0.3) is 66.7 Å². The Hall–Kier alpha value is -5.07. The SMILES string of the molecule is C[Si](C)(C)c1cnc(-c2[c-]cccc2)cn1.[2H]C([2H])([2H])c1ccc(-c2[c-]ccc3c2oc2c(-c4ccc(-c5ccccc5)cc4)cccc23)nn1.[Ir]. The normalized spacial score (nSPS) is 12.3. The summed E-state index contributed by atoms with van der Waals surface area (Å²) in [7, 11) is -1.34. The molecule has 0 bridgehead atoms. The van der Waals surface area contributed by atoms with E-state index in [2.05, 4.69) is 94.4 Å². The van der Waals surface area contributed by atoms with E-state index in [-0.39, 0.29) is 25.8 Å². The molecule has 0 saturated heterocycles. The van der Waals surface area contributed by atoms with Crippen LogP contribution < -0.4 is 5.32 Å². The molecule has 49 heavy (non-hydrogen) atoms. The second-order valence-corrected chi connectivity index (χ2v) is 17.5. The van der Waals surface area contributed by atoms with Gasteiger partial charge in [0.2, 0.25) is 0 Å². The summed E-state index contributed by atoms with van der Waals surface area (Å²) in [5.41, 5.74) is 8.81. The number of aromatic nitrogens is 4. The molecule has 0 fully saturated rings. The van der Waals surface area contributed by atoms with Gasteiger partial charge in [-0.15, -0.1) is 54.1 Å². The molecular weight excluding hydrogens is 797 g/mol. The zero-order valence-corrected chi connectivity index (χ0v) is 30.6. The molecule has 0 amide bonds. The standard InChI is InChI=1S/C29H19N2O.C13H15N2Si.Ir/c1-19-13-18-27(31-30-19)26-12-6-11-25-24-10-5-9-23(28(24)32-29(25)26)22-16-14-21(15-17-22)20-7-3-2-4-8-20;1-16(2,3)13-10-14-12(9-15-13)11-7-5-4-6-8-11;/h2-11,13-18H,1H3;4-7,9-10H,1-3H3;/q2*-1;/i1D3;;. The van der Waals surface area contributed by atoms with Gasteiger partial charge in [-0.05, 0) is 29.6 Å². The van der Waals surface area contributed by atoms with Crippen LogP contribution >= 0.6 is 0 Å². The Labute approximate surface area is 305 Å². The average Bonchev–Trinajstić information content (AvgIpc) is 3.55. The van der Waals surface area contributed by atoms with Crippen molar-refractivity contribution < 1.29 is 28.6 Å². The first-order chi connectivity index (χ1) is 24.6. The summed E-state index contributed by atoms with van der Waals surface area (Å²) in [6, 6.07) is 45.9. The molecule has 243 valence electrons. The van der Waals surface area contributed by atoms with Gasteiger partial charge >= 0.3 is 0 Å². The fraction of sp³-hybridized carbons (Fsp3) is 0.0952. The molecule has 7 heteroatoms. The Balaban J connectivity index is 0.000000230. The van der Waals surface area contributed by atoms with Gasteiger partial charge in [0.25, 0.3) is 0 Å². The molecule has 8 aromatic rings. The summed E-state index contributed by atoms with van der Waals surface area (Å²) < 4.78 is 29.0. The number of fused-ring (bicyclic) bond motifs is 3. The van der Waals surface area contributed by atoms with Crippen molar-refractivity contribution >= 4 is 35.3 Å². The predicted molar refractivity (Wildman–Crippen MR) is 198 cm³/mol. The molecule has 0 saturated carbocycles. The van der Waals surface area contributed by atoms with E-state index in [1.54, 1.807) is 6.07 Å². The molecule has 0 spiro atoms. The summed E-state index contributed by atoms with van der Waals surface area (Å²) in [6.45, 7) is 4.51. The van der Waals surface area contributed by atoms with Crippen molar-refractivity contribution in [2.75, 3.05) is 0 Å². The second kappa shape index (κ2) is 14.6. The fourth-order valence-corrected chi connectivity index (χ4v) is 6.43. The minimum absolute atomic E-state index is 0. The van der Waals surface area contributed by atoms with Crippen molar-refractivity contribution in [1.29, 1.82) is 0 Å². The summed E-state index contributed by atoms with van der Waals surface area (Å²) in [5.74, 6) is 0. The number of hydrogen-bond donors (Lipinski definition) is 0. The number of rotatable bonds is 5. The Kier molecular flexibility index (Phi) is 8.94. The van der Waals surface area contributed by atoms with Crippen LogP contribution in [0.3, 0.4) is 0 Å². The summed E-state index contributed by atoms with van der Waals surface area (Å²) in [4.78, 5) is 8.96. The van der Waals surface area contributed by atoms with Crippen molar-refractivity contribution in [2.24, 2.45) is 0 Å². The largest absolute Gasteiger partial charge is 0.500 e. The molecule has 8 rings (SSSR count). The number of benzene rings is 5. The zero-order chi connectivity index (χ0) is 35.6. The van der Waals surface area contributed by atoms with Gasteiger partial charge in [0.15, 0.2) is 0 Å². The van der Waals surface area contributed by atoms with Crippen molar-refractivity contribution in [2.45, 2.75) is 26.5 Å². The number of aryl methyl sites for hydroxylation is 1. The van der Waals surface area contributed by atoms with Crippen LogP contribution in [0.15, 0.2) is 138 Å². The summed E-state index contributed by atoms with van der Waals surface area (Å²) in [6.07, 6.45) is 3.75. The fourth-order valence-electron chi connectivity index (χ4n) is 5.53. The minimum atomic E-state index is -2.30. The Morgan fingerprint density at radius 1 is 0.612 bits per heavy atom. The molecule has 1 radical (unpaired) electrons. The van der Waals surface area contributed by atoms with E-state index in [0.29, 0.717) is 16.8 Å². The van der Waals surface area contributed by atoms with E-state index in [4.69, 9.17) is 8.53 Å². The number of furan rings is 1. The van der Waals surface area contributed by atoms with Crippen LogP contribution in [0, 0.1) is 19.0 Å². The monoisotopic (exact) mass is 834 g/mol. The van der Waals surface area contributed by atoms with Crippen molar-refractivity contribution in [3.63, 3.8) is 0 Å². The summed E-state index contributed by atoms with van der Waals surface area (Å²) >= 11 is 0. The Bertz CT molecular complexity index is 2410. The maximum Gasteiger partial charge on any atom is 0.128 e. The van der Waals surface area contributed by atoms with Gasteiger partial charge in [0.05, 0.1) is 11.3 Å². The smallest absolute Gasteiger partial charge is 0.128 e. The van der Waals surface area contributed by atoms with Gasteiger partial charge in [0.1, 0.15) is 13.7 Å². The van der Waals surface area contributed by atoms with Crippen LogP contribution in [0.4, 0.5) is 0 Å². The van der Waals surface area contributed by atoms with Crippen LogP contribution in [0.1, 0.15) is 9.81 Å². The predicted octanol–water partition coefficient (Wildman–Crippen LogP) is 9.97. The van der Waals surface area contributed by atoms with Crippen molar-refractivity contribution in [1.82, 2.24) is 20.2 Å². The quantitative estimate of drug-likeness (QED) is 0.128. The van der Waals surface area contributed by atoms with Crippen molar-refractivity contribution in [3.05, 3.63) is 152 Å². The van der Waals surface area contributed by atoms with E-state index >= 15 is 0 Å². The third-order valence-electron chi connectivity index (χ3n) is 8.09. The molecule has 3 heterocycles. The van der Waals surface area contributed by atoms with Gasteiger partial charge in [-0.2, -0.15) is 5.10 Å². The maximum atomic E-state index is 7.52. The van der Waals surface area contributed by atoms with Gasteiger partial charge in [-0.25, -0.2) is 5.10 Å². The third-order valence-corrected chi connectivity index (χ3v) is 9.88. The maximum absolute atomic E-state index is 7.52. The molecule has 0 aliphatic carbocycles. The van der Waals surface area contributed by atoms with Gasteiger partial charge in [-0.1, -0.05) is 109 Å². The number of nitrogens with zero attached hydrogens (tertiary/aromatic N) is 4. The van der Waals surface area contributed by atoms with E-state index in [1.807, 2.05) is 79.1 Å². The number of para-hydroxylation sites is 1. The van der Waals surface area contributed by atoms with Crippen LogP contribution in [0.2, 0.25) is 19.6 Å². The molecule has 5 aromatic carbocycles. The molecular formula is C42H34IrN4OSi-2.